The van der Waals surface area contributed by atoms with Gasteiger partial charge in [0.05, 0.1) is 13.5 Å². The molecule has 1 amide bonds. The van der Waals surface area contributed by atoms with Crippen molar-refractivity contribution in [2.75, 3.05) is 13.7 Å². The van der Waals surface area contributed by atoms with Crippen LogP contribution in [0.5, 0.6) is 0 Å². The Balaban J connectivity index is 2.59. The van der Waals surface area contributed by atoms with E-state index in [0.29, 0.717) is 12.1 Å². The quantitative estimate of drug-likeness (QED) is 0.806. The Kier molecular flexibility index (Phi) is 4.69. The number of esters is 1. The number of aryl methyl sites for hydroxylation is 1. The van der Waals surface area contributed by atoms with E-state index < -0.39 is 0 Å². The van der Waals surface area contributed by atoms with Crippen LogP contribution in [0.25, 0.3) is 0 Å². The average molecular weight is 235 g/mol. The largest absolute Gasteiger partial charge is 0.469 e. The fourth-order valence-electron chi connectivity index (χ4n) is 1.47. The van der Waals surface area contributed by atoms with Crippen molar-refractivity contribution in [1.29, 1.82) is 0 Å². The van der Waals surface area contributed by atoms with Gasteiger partial charge in [0.15, 0.2) is 0 Å². The molecule has 0 spiro atoms. The second-order valence-corrected chi connectivity index (χ2v) is 3.83. The van der Waals surface area contributed by atoms with E-state index in [-0.39, 0.29) is 18.3 Å². The number of methoxy groups -OCH3 is 1. The van der Waals surface area contributed by atoms with Crippen molar-refractivity contribution in [3.05, 3.63) is 34.9 Å². The van der Waals surface area contributed by atoms with Crippen LogP contribution < -0.4 is 5.32 Å². The third-order valence-corrected chi connectivity index (χ3v) is 2.69. The smallest absolute Gasteiger partial charge is 0.307 e. The maximum absolute atomic E-state index is 11.8. The highest BCUT2D eigenvalue weighted by Gasteiger charge is 2.10. The van der Waals surface area contributed by atoms with E-state index in [0.717, 1.165) is 11.1 Å². The minimum Gasteiger partial charge on any atom is -0.469 e. The van der Waals surface area contributed by atoms with Crippen molar-refractivity contribution in [1.82, 2.24) is 5.32 Å². The van der Waals surface area contributed by atoms with Crippen molar-refractivity contribution in [2.24, 2.45) is 0 Å². The molecule has 0 fully saturated rings. The normalized spacial score (nSPS) is 9.82. The molecule has 4 nitrogen and oxygen atoms in total. The van der Waals surface area contributed by atoms with Gasteiger partial charge in [-0.2, -0.15) is 0 Å². The Morgan fingerprint density at radius 3 is 2.65 bits per heavy atom. The summed E-state index contributed by atoms with van der Waals surface area (Å²) in [5.74, 6) is -0.485. The Morgan fingerprint density at radius 2 is 2.00 bits per heavy atom. The van der Waals surface area contributed by atoms with Crippen molar-refractivity contribution in [2.45, 2.75) is 20.3 Å². The number of hydrogen-bond donors (Lipinski definition) is 1. The minimum absolute atomic E-state index is 0.157. The number of rotatable bonds is 4. The molecule has 0 aliphatic carbocycles. The Hall–Kier alpha value is -1.84. The molecule has 1 rings (SSSR count). The minimum atomic E-state index is -0.328. The Morgan fingerprint density at radius 1 is 1.29 bits per heavy atom. The standard InChI is InChI=1S/C13H17NO3/c1-9-5-4-6-11(10(9)2)13(16)14-8-7-12(15)17-3/h4-6H,7-8H2,1-3H3,(H,14,16). The lowest BCUT2D eigenvalue weighted by molar-refractivity contribution is -0.140. The first-order chi connectivity index (χ1) is 8.06. The third kappa shape index (κ3) is 3.59. The first-order valence-electron chi connectivity index (χ1n) is 5.47. The van der Waals surface area contributed by atoms with Gasteiger partial charge in [0.1, 0.15) is 0 Å². The predicted molar refractivity (Wildman–Crippen MR) is 64.9 cm³/mol. The molecule has 1 N–H and O–H groups in total. The van der Waals surface area contributed by atoms with E-state index in [1.165, 1.54) is 7.11 Å². The van der Waals surface area contributed by atoms with Gasteiger partial charge in [0.25, 0.3) is 5.91 Å². The highest BCUT2D eigenvalue weighted by Crippen LogP contribution is 2.12. The van der Waals surface area contributed by atoms with E-state index in [4.69, 9.17) is 0 Å². The molecule has 0 heterocycles. The third-order valence-electron chi connectivity index (χ3n) is 2.69. The second kappa shape index (κ2) is 6.03. The molecule has 1 aromatic carbocycles. The summed E-state index contributed by atoms with van der Waals surface area (Å²) in [6.45, 7) is 4.16. The van der Waals surface area contributed by atoms with Crippen LogP contribution >= 0.6 is 0 Å². The molecule has 4 heteroatoms. The van der Waals surface area contributed by atoms with E-state index >= 15 is 0 Å². The van der Waals surface area contributed by atoms with Gasteiger partial charge < -0.3 is 10.1 Å². The molecule has 0 aliphatic heterocycles. The van der Waals surface area contributed by atoms with Crippen molar-refractivity contribution < 1.29 is 14.3 Å². The molecule has 0 atom stereocenters. The van der Waals surface area contributed by atoms with Crippen LogP contribution in [0.4, 0.5) is 0 Å². The van der Waals surface area contributed by atoms with Crippen LogP contribution in [0.15, 0.2) is 18.2 Å². The number of carbonyl (C=O) groups is 2. The van der Waals surface area contributed by atoms with Crippen molar-refractivity contribution in [3.63, 3.8) is 0 Å². The van der Waals surface area contributed by atoms with Gasteiger partial charge in [0.2, 0.25) is 0 Å². The Bertz CT molecular complexity index is 427. The van der Waals surface area contributed by atoms with Gasteiger partial charge in [-0.25, -0.2) is 0 Å². The van der Waals surface area contributed by atoms with Gasteiger partial charge in [-0.3, -0.25) is 9.59 Å². The van der Waals surface area contributed by atoms with Crippen LogP contribution in [-0.4, -0.2) is 25.5 Å². The molecular formula is C13H17NO3. The maximum atomic E-state index is 11.8. The number of nitrogens with one attached hydrogen (secondary N) is 1. The number of carbonyl (C=O) groups excluding carboxylic acids is 2. The van der Waals surface area contributed by atoms with Crippen molar-refractivity contribution in [3.8, 4) is 0 Å². The molecule has 1 aromatic rings. The summed E-state index contributed by atoms with van der Waals surface area (Å²) in [7, 11) is 1.33. The Labute approximate surface area is 101 Å². The van der Waals surface area contributed by atoms with Crippen LogP contribution in [0.1, 0.15) is 27.9 Å². The number of ether oxygens (including phenoxy) is 1. The van der Waals surface area contributed by atoms with Gasteiger partial charge in [-0.15, -0.1) is 0 Å². The zero-order chi connectivity index (χ0) is 12.8. The lowest BCUT2D eigenvalue weighted by atomic mass is 10.0. The zero-order valence-corrected chi connectivity index (χ0v) is 10.4. The average Bonchev–Trinajstić information content (AvgIpc) is 2.32. The molecule has 0 saturated carbocycles. The molecule has 0 bridgehead atoms. The highest BCUT2D eigenvalue weighted by molar-refractivity contribution is 5.96. The molecule has 0 saturated heterocycles. The van der Waals surface area contributed by atoms with Gasteiger partial charge in [-0.05, 0) is 31.0 Å². The zero-order valence-electron chi connectivity index (χ0n) is 10.4. The maximum Gasteiger partial charge on any atom is 0.307 e. The van der Waals surface area contributed by atoms with E-state index in [9.17, 15) is 9.59 Å². The van der Waals surface area contributed by atoms with Crippen LogP contribution in [0.2, 0.25) is 0 Å². The second-order valence-electron chi connectivity index (χ2n) is 3.83. The van der Waals surface area contributed by atoms with Gasteiger partial charge in [-0.1, -0.05) is 12.1 Å². The van der Waals surface area contributed by atoms with Gasteiger partial charge >= 0.3 is 5.97 Å². The lowest BCUT2D eigenvalue weighted by Gasteiger charge is -2.08. The van der Waals surface area contributed by atoms with E-state index in [1.807, 2.05) is 26.0 Å². The molecule has 0 aromatic heterocycles. The molecular weight excluding hydrogens is 218 g/mol. The SMILES string of the molecule is COC(=O)CCNC(=O)c1cccc(C)c1C. The van der Waals surface area contributed by atoms with Crippen molar-refractivity contribution >= 4 is 11.9 Å². The summed E-state index contributed by atoms with van der Waals surface area (Å²) in [6, 6.07) is 5.58. The van der Waals surface area contributed by atoms with E-state index in [1.54, 1.807) is 6.07 Å². The summed E-state index contributed by atoms with van der Waals surface area (Å²) in [4.78, 5) is 22.7. The first kappa shape index (κ1) is 13.2. The molecule has 17 heavy (non-hydrogen) atoms. The van der Waals surface area contributed by atoms with Crippen LogP contribution in [-0.2, 0) is 9.53 Å². The van der Waals surface area contributed by atoms with E-state index in [2.05, 4.69) is 10.1 Å². The van der Waals surface area contributed by atoms with Crippen LogP contribution in [0, 0.1) is 13.8 Å². The fourth-order valence-corrected chi connectivity index (χ4v) is 1.47. The lowest BCUT2D eigenvalue weighted by Crippen LogP contribution is -2.27. The number of hydrogen-bond acceptors (Lipinski definition) is 3. The van der Waals surface area contributed by atoms with Crippen LogP contribution in [0.3, 0.4) is 0 Å². The summed E-state index contributed by atoms with van der Waals surface area (Å²) in [5, 5.41) is 2.69. The summed E-state index contributed by atoms with van der Waals surface area (Å²) >= 11 is 0. The molecule has 0 unspecified atom stereocenters. The summed E-state index contributed by atoms with van der Waals surface area (Å²) in [5.41, 5.74) is 2.68. The monoisotopic (exact) mass is 235 g/mol. The van der Waals surface area contributed by atoms with Gasteiger partial charge in [0, 0.05) is 12.1 Å². The number of amides is 1. The molecule has 0 aliphatic rings. The number of benzene rings is 1. The summed E-state index contributed by atoms with van der Waals surface area (Å²) in [6.07, 6.45) is 0.188. The summed E-state index contributed by atoms with van der Waals surface area (Å²) < 4.78 is 4.49. The molecule has 0 radical (unpaired) electrons. The predicted octanol–water partition coefficient (Wildman–Crippen LogP) is 1.60. The fraction of sp³-hybridized carbons (Fsp3) is 0.385. The topological polar surface area (TPSA) is 55.4 Å². The highest BCUT2D eigenvalue weighted by atomic mass is 16.5. The first-order valence-corrected chi connectivity index (χ1v) is 5.47. The molecule has 92 valence electrons.